The molecule has 0 spiro atoms. The van der Waals surface area contributed by atoms with Gasteiger partial charge in [0.15, 0.2) is 0 Å². The third kappa shape index (κ3) is 9.27. The van der Waals surface area contributed by atoms with Crippen LogP contribution in [0.15, 0.2) is 66.6 Å². The van der Waals surface area contributed by atoms with Gasteiger partial charge in [0, 0.05) is 13.1 Å². The highest BCUT2D eigenvalue weighted by Crippen LogP contribution is 2.65. The number of Topliss-reactive ketones (excluding diaryl/α,β-unsaturated/α-hetero) is 1. The van der Waals surface area contributed by atoms with Crippen molar-refractivity contribution in [2.75, 3.05) is 13.1 Å². The van der Waals surface area contributed by atoms with E-state index in [4.69, 9.17) is 0 Å². The average Bonchev–Trinajstić information content (AvgIpc) is 3.84. The Labute approximate surface area is 335 Å². The standard InChI is InChI=1S/C44H59N5O6S/c1-6-22-45-40(53)36(50)31(25-28-18-19-28)46-39(52)35-33-30(43(33,3)4)26-49(35)42(55)34(29-16-11-8-7-10-15-27(2)24-29)47-41(54)37(44(5)20-12-9-13-21-44)48-38(51)32-17-14-23-56-32/h6-8,10,14-15,17,23,28-31,33-35,37H,1-2,9,11-13,16,18-22,24-26H2,3-5H3,(H,45,53)(H,46,52)(H,47,54)(H,48,51)/b8-7-,15-10-/t29?,30-,31?,33-,34-,35-,37+/m0/s1. The predicted molar refractivity (Wildman–Crippen MR) is 217 cm³/mol. The van der Waals surface area contributed by atoms with Gasteiger partial charge in [-0.2, -0.15) is 0 Å². The van der Waals surface area contributed by atoms with E-state index < -0.39 is 53.1 Å². The van der Waals surface area contributed by atoms with Crippen molar-refractivity contribution in [2.24, 2.45) is 34.5 Å². The molecule has 7 atom stereocenters. The van der Waals surface area contributed by atoms with Gasteiger partial charge < -0.3 is 26.2 Å². The number of nitrogens with one attached hydrogen (secondary N) is 4. The maximum Gasteiger partial charge on any atom is 0.289 e. The molecule has 5 amide bonds. The second kappa shape index (κ2) is 17.4. The molecule has 2 unspecified atom stereocenters. The van der Waals surface area contributed by atoms with Gasteiger partial charge in [-0.3, -0.25) is 28.8 Å². The molecule has 1 aromatic heterocycles. The van der Waals surface area contributed by atoms with Crippen LogP contribution in [0.3, 0.4) is 0 Å². The summed E-state index contributed by atoms with van der Waals surface area (Å²) in [5, 5.41) is 13.6. The summed E-state index contributed by atoms with van der Waals surface area (Å²) in [6.45, 7) is 14.5. The van der Waals surface area contributed by atoms with E-state index in [1.807, 2.05) is 36.6 Å². The minimum Gasteiger partial charge on any atom is -0.346 e. The number of hydrogen-bond donors (Lipinski definition) is 4. The fourth-order valence-corrected chi connectivity index (χ4v) is 10.1. The second-order valence-corrected chi connectivity index (χ2v) is 18.5. The van der Waals surface area contributed by atoms with E-state index in [1.54, 1.807) is 17.0 Å². The van der Waals surface area contributed by atoms with Crippen molar-refractivity contribution in [3.05, 3.63) is 71.5 Å². The monoisotopic (exact) mass is 785 g/mol. The van der Waals surface area contributed by atoms with Gasteiger partial charge in [-0.25, -0.2) is 0 Å². The van der Waals surface area contributed by atoms with Gasteiger partial charge in [-0.05, 0) is 84.5 Å². The Hall–Kier alpha value is -4.32. The topological polar surface area (TPSA) is 154 Å². The van der Waals surface area contributed by atoms with Crippen LogP contribution in [-0.4, -0.2) is 77.5 Å². The van der Waals surface area contributed by atoms with Crippen LogP contribution in [0.2, 0.25) is 0 Å². The fraction of sp³-hybridized carbons (Fsp3) is 0.591. The lowest BCUT2D eigenvalue weighted by Crippen LogP contribution is -2.63. The van der Waals surface area contributed by atoms with Crippen LogP contribution < -0.4 is 21.3 Å². The number of nitrogens with zero attached hydrogens (tertiary/aromatic N) is 1. The molecule has 0 radical (unpaired) electrons. The lowest BCUT2D eigenvalue weighted by Gasteiger charge is -2.41. The first-order valence-electron chi connectivity index (χ1n) is 20.4. The first-order valence-corrected chi connectivity index (χ1v) is 21.3. The Kier molecular flexibility index (Phi) is 12.9. The predicted octanol–water partition coefficient (Wildman–Crippen LogP) is 5.41. The zero-order valence-electron chi connectivity index (χ0n) is 33.1. The number of likely N-dealkylation sites (tertiary alicyclic amines) is 1. The molecule has 302 valence electrons. The maximum atomic E-state index is 15.2. The van der Waals surface area contributed by atoms with Crippen molar-refractivity contribution >= 4 is 46.7 Å². The number of piperidine rings is 1. The van der Waals surface area contributed by atoms with Crippen LogP contribution in [0.1, 0.15) is 101 Å². The third-order valence-corrected chi connectivity index (χ3v) is 14.0. The number of fused-ring (bicyclic) bond motifs is 1. The first-order chi connectivity index (χ1) is 26.7. The summed E-state index contributed by atoms with van der Waals surface area (Å²) in [5.74, 6) is -3.28. The zero-order chi connectivity index (χ0) is 40.2. The number of rotatable bonds is 15. The van der Waals surface area contributed by atoms with Crippen molar-refractivity contribution < 1.29 is 28.8 Å². The van der Waals surface area contributed by atoms with Crippen LogP contribution in [-0.2, 0) is 24.0 Å². The SMILES string of the molecule is C=CCNC(=O)C(=O)C(CC1CC1)NC(=O)[C@@H]1[C@@H]2[C@H](CN1C(=O)[C@@H](NC(=O)[C@@H](NC(=O)c1cccs1)C1(C)CCCCC1)C1CC/C=C\C=C/C(=C)C1)C2(C)C. The van der Waals surface area contributed by atoms with E-state index in [-0.39, 0.29) is 47.4 Å². The van der Waals surface area contributed by atoms with E-state index in [0.717, 1.165) is 50.5 Å². The van der Waals surface area contributed by atoms with Gasteiger partial charge in [0.25, 0.3) is 11.8 Å². The van der Waals surface area contributed by atoms with E-state index in [1.165, 1.54) is 17.4 Å². The number of amides is 5. The summed E-state index contributed by atoms with van der Waals surface area (Å²) in [6.07, 6.45) is 17.6. The number of allylic oxidation sites excluding steroid dienone is 5. The normalized spacial score (nSPS) is 27.7. The maximum absolute atomic E-state index is 15.2. The highest BCUT2D eigenvalue weighted by atomic mass is 32.1. The van der Waals surface area contributed by atoms with Crippen molar-refractivity contribution in [1.82, 2.24) is 26.2 Å². The molecule has 4 aliphatic carbocycles. The summed E-state index contributed by atoms with van der Waals surface area (Å²) < 4.78 is 0. The molecule has 4 fully saturated rings. The number of thiophene rings is 1. The van der Waals surface area contributed by atoms with Crippen molar-refractivity contribution in [2.45, 2.75) is 116 Å². The van der Waals surface area contributed by atoms with E-state index in [9.17, 15) is 24.0 Å². The Bertz CT molecular complexity index is 1760. The highest BCUT2D eigenvalue weighted by molar-refractivity contribution is 7.12. The Morgan fingerprint density at radius 3 is 2.43 bits per heavy atom. The third-order valence-electron chi connectivity index (χ3n) is 13.1. The molecule has 56 heavy (non-hydrogen) atoms. The molecule has 12 heteroatoms. The minimum atomic E-state index is -1.02. The molecule has 5 aliphatic rings. The Morgan fingerprint density at radius 2 is 1.75 bits per heavy atom. The molecule has 4 N–H and O–H groups in total. The highest BCUT2D eigenvalue weighted by Gasteiger charge is 2.70. The average molecular weight is 786 g/mol. The summed E-state index contributed by atoms with van der Waals surface area (Å²) in [6, 6.07) is -0.285. The van der Waals surface area contributed by atoms with Crippen LogP contribution in [0.25, 0.3) is 0 Å². The lowest BCUT2D eigenvalue weighted by atomic mass is 9.70. The number of carbonyl (C=O) groups is 6. The number of ketones is 1. The summed E-state index contributed by atoms with van der Waals surface area (Å²) in [7, 11) is 0. The van der Waals surface area contributed by atoms with Gasteiger partial charge >= 0.3 is 0 Å². The molecular weight excluding hydrogens is 727 g/mol. The van der Waals surface area contributed by atoms with Crippen LogP contribution in [0.4, 0.5) is 0 Å². The van der Waals surface area contributed by atoms with E-state index in [0.29, 0.717) is 37.1 Å². The fourth-order valence-electron chi connectivity index (χ4n) is 9.48. The molecule has 1 saturated heterocycles. The van der Waals surface area contributed by atoms with Crippen LogP contribution in [0, 0.1) is 34.5 Å². The molecular formula is C44H59N5O6S. The zero-order valence-corrected chi connectivity index (χ0v) is 34.0. The van der Waals surface area contributed by atoms with Gasteiger partial charge in [0.1, 0.15) is 18.1 Å². The van der Waals surface area contributed by atoms with Gasteiger partial charge in [0.05, 0.1) is 10.9 Å². The van der Waals surface area contributed by atoms with Crippen molar-refractivity contribution in [3.63, 3.8) is 0 Å². The minimum absolute atomic E-state index is 0.0485. The Balaban J connectivity index is 1.31. The van der Waals surface area contributed by atoms with Crippen molar-refractivity contribution in [1.29, 1.82) is 0 Å². The van der Waals surface area contributed by atoms with Gasteiger partial charge in [-0.15, -0.1) is 17.9 Å². The van der Waals surface area contributed by atoms with Gasteiger partial charge in [-0.1, -0.05) is 101 Å². The smallest absolute Gasteiger partial charge is 0.289 e. The second-order valence-electron chi connectivity index (χ2n) is 17.6. The molecule has 1 aliphatic heterocycles. The number of carbonyl (C=O) groups excluding carboxylic acids is 6. The molecule has 3 saturated carbocycles. The van der Waals surface area contributed by atoms with Crippen molar-refractivity contribution in [3.8, 4) is 0 Å². The molecule has 0 bridgehead atoms. The van der Waals surface area contributed by atoms with E-state index >= 15 is 4.79 Å². The van der Waals surface area contributed by atoms with Gasteiger partial charge in [0.2, 0.25) is 23.5 Å². The molecule has 2 heterocycles. The molecule has 6 rings (SSSR count). The Morgan fingerprint density at radius 1 is 1.00 bits per heavy atom. The molecule has 1 aromatic rings. The first kappa shape index (κ1) is 41.3. The summed E-state index contributed by atoms with van der Waals surface area (Å²) >= 11 is 1.31. The lowest BCUT2D eigenvalue weighted by molar-refractivity contribution is -0.146. The molecule has 0 aromatic carbocycles. The summed E-state index contributed by atoms with van der Waals surface area (Å²) in [5.41, 5.74) is 0.0641. The quantitative estimate of drug-likeness (QED) is 0.138. The summed E-state index contributed by atoms with van der Waals surface area (Å²) in [4.78, 5) is 86.3. The molecule has 11 nitrogen and oxygen atoms in total. The number of hydrogen-bond acceptors (Lipinski definition) is 7. The van der Waals surface area contributed by atoms with E-state index in [2.05, 4.69) is 48.3 Å². The largest absolute Gasteiger partial charge is 0.346 e. The van der Waals surface area contributed by atoms with Crippen LogP contribution >= 0.6 is 11.3 Å². The van der Waals surface area contributed by atoms with Crippen LogP contribution in [0.5, 0.6) is 0 Å².